The van der Waals surface area contributed by atoms with E-state index in [9.17, 15) is 0 Å². The summed E-state index contributed by atoms with van der Waals surface area (Å²) in [4.78, 5) is 13.2. The molecule has 0 bridgehead atoms. The maximum Gasteiger partial charge on any atom is 0.159 e. The quantitative estimate of drug-likeness (QED) is 0.569. The van der Waals surface area contributed by atoms with Gasteiger partial charge in [-0.05, 0) is 25.1 Å². The lowest BCUT2D eigenvalue weighted by atomic mass is 10.2. The van der Waals surface area contributed by atoms with Crippen LogP contribution in [0.4, 0.5) is 5.69 Å². The largest absolute Gasteiger partial charge is 0.387 e. The summed E-state index contributed by atoms with van der Waals surface area (Å²) in [6.07, 6.45) is 1.82. The molecule has 1 aromatic heterocycles. The summed E-state index contributed by atoms with van der Waals surface area (Å²) in [7, 11) is 0. The van der Waals surface area contributed by atoms with Gasteiger partial charge >= 0.3 is 0 Å². The Morgan fingerprint density at radius 2 is 1.90 bits per heavy atom. The van der Waals surface area contributed by atoms with Gasteiger partial charge in [0.05, 0.1) is 17.0 Å². The number of fused-ring (bicyclic) bond motifs is 1. The van der Waals surface area contributed by atoms with E-state index in [0.717, 1.165) is 28.0 Å². The molecule has 3 aromatic rings. The number of nitrogens with zero attached hydrogens (tertiary/aromatic N) is 3. The summed E-state index contributed by atoms with van der Waals surface area (Å²) in [5.74, 6) is 1.26. The van der Waals surface area contributed by atoms with Crippen molar-refractivity contribution in [3.63, 3.8) is 0 Å². The Morgan fingerprint density at radius 3 is 2.65 bits per heavy atom. The lowest BCUT2D eigenvalue weighted by molar-refractivity contribution is 1.23. The minimum absolute atomic E-state index is 0.533. The fourth-order valence-electron chi connectivity index (χ4n) is 2.02. The minimum atomic E-state index is 0.533. The molecule has 0 amide bonds. The fraction of sp³-hybridized carbons (Fsp3) is 0.0625. The topological polar surface area (TPSA) is 64.2 Å². The zero-order chi connectivity index (χ0) is 13.9. The fourth-order valence-corrected chi connectivity index (χ4v) is 2.02. The molecule has 0 unspecified atom stereocenters. The van der Waals surface area contributed by atoms with Gasteiger partial charge in [0.2, 0.25) is 0 Å². The summed E-state index contributed by atoms with van der Waals surface area (Å²) >= 11 is 0. The highest BCUT2D eigenvalue weighted by atomic mass is 14.9. The molecule has 0 aliphatic rings. The van der Waals surface area contributed by atoms with E-state index in [4.69, 9.17) is 5.73 Å². The molecule has 0 saturated heterocycles. The Labute approximate surface area is 117 Å². The van der Waals surface area contributed by atoms with E-state index in [-0.39, 0.29) is 0 Å². The number of aromatic nitrogens is 2. The van der Waals surface area contributed by atoms with Crippen LogP contribution in [0.5, 0.6) is 0 Å². The molecule has 2 N–H and O–H groups in total. The number of amidine groups is 1. The molecule has 1 heterocycles. The second kappa shape index (κ2) is 5.09. The van der Waals surface area contributed by atoms with E-state index < -0.39 is 0 Å². The first-order valence-electron chi connectivity index (χ1n) is 6.35. The Kier molecular flexibility index (Phi) is 3.13. The predicted molar refractivity (Wildman–Crippen MR) is 81.9 cm³/mol. The number of benzene rings is 2. The molecule has 0 aliphatic carbocycles. The molecule has 4 nitrogen and oxygen atoms in total. The predicted octanol–water partition coefficient (Wildman–Crippen LogP) is 3.31. The van der Waals surface area contributed by atoms with Crippen LogP contribution in [0.15, 0.2) is 59.7 Å². The van der Waals surface area contributed by atoms with Gasteiger partial charge in [-0.2, -0.15) is 0 Å². The number of hydrogen-bond acceptors (Lipinski definition) is 3. The van der Waals surface area contributed by atoms with Gasteiger partial charge < -0.3 is 5.73 Å². The third-order valence-electron chi connectivity index (χ3n) is 2.90. The van der Waals surface area contributed by atoms with E-state index >= 15 is 0 Å². The van der Waals surface area contributed by atoms with Crippen molar-refractivity contribution < 1.29 is 0 Å². The van der Waals surface area contributed by atoms with Crippen LogP contribution in [0.2, 0.25) is 0 Å². The first-order chi connectivity index (χ1) is 9.72. The van der Waals surface area contributed by atoms with Crippen molar-refractivity contribution >= 4 is 22.4 Å². The van der Waals surface area contributed by atoms with Crippen molar-refractivity contribution in [1.82, 2.24) is 9.97 Å². The summed E-state index contributed by atoms with van der Waals surface area (Å²) in [5.41, 5.74) is 8.31. The maximum atomic E-state index is 5.59. The molecule has 0 spiro atoms. The lowest BCUT2D eigenvalue weighted by Crippen LogP contribution is -2.03. The van der Waals surface area contributed by atoms with Crippen LogP contribution >= 0.6 is 0 Å². The van der Waals surface area contributed by atoms with E-state index in [1.807, 2.05) is 54.7 Å². The van der Waals surface area contributed by atoms with E-state index in [2.05, 4.69) is 15.0 Å². The number of aliphatic imine (C=N–C) groups is 1. The maximum absolute atomic E-state index is 5.59. The van der Waals surface area contributed by atoms with Crippen LogP contribution in [-0.2, 0) is 0 Å². The third kappa shape index (κ3) is 2.49. The minimum Gasteiger partial charge on any atom is -0.387 e. The van der Waals surface area contributed by atoms with Crippen LogP contribution in [-0.4, -0.2) is 15.8 Å². The SMILES string of the molecule is CC(N)=Nc1ccc2nc(-c3ccccc3)ncc2c1. The zero-order valence-electron chi connectivity index (χ0n) is 11.1. The van der Waals surface area contributed by atoms with E-state index in [0.29, 0.717) is 5.84 Å². The summed E-state index contributed by atoms with van der Waals surface area (Å²) in [6, 6.07) is 15.7. The Morgan fingerprint density at radius 1 is 1.10 bits per heavy atom. The van der Waals surface area contributed by atoms with Gasteiger partial charge in [-0.3, -0.25) is 0 Å². The zero-order valence-corrected chi connectivity index (χ0v) is 11.1. The van der Waals surface area contributed by atoms with Crippen molar-refractivity contribution in [2.75, 3.05) is 0 Å². The molecule has 98 valence electrons. The molecule has 0 saturated carbocycles. The van der Waals surface area contributed by atoms with Gasteiger partial charge in [0.15, 0.2) is 5.82 Å². The molecule has 4 heteroatoms. The summed E-state index contributed by atoms with van der Waals surface area (Å²) in [5, 5.41) is 0.951. The van der Waals surface area contributed by atoms with Crippen LogP contribution in [0.25, 0.3) is 22.3 Å². The van der Waals surface area contributed by atoms with Gasteiger partial charge in [0.1, 0.15) is 0 Å². The Hall–Kier alpha value is -2.75. The monoisotopic (exact) mass is 262 g/mol. The molecule has 0 fully saturated rings. The van der Waals surface area contributed by atoms with Crippen LogP contribution in [0.1, 0.15) is 6.92 Å². The highest BCUT2D eigenvalue weighted by Gasteiger charge is 2.03. The van der Waals surface area contributed by atoms with Crippen molar-refractivity contribution in [3.8, 4) is 11.4 Å². The van der Waals surface area contributed by atoms with Gasteiger partial charge in [-0.25, -0.2) is 15.0 Å². The number of hydrogen-bond donors (Lipinski definition) is 1. The van der Waals surface area contributed by atoms with Crippen molar-refractivity contribution in [2.45, 2.75) is 6.92 Å². The van der Waals surface area contributed by atoms with E-state index in [1.54, 1.807) is 6.92 Å². The Balaban J connectivity index is 2.07. The first-order valence-corrected chi connectivity index (χ1v) is 6.35. The first kappa shape index (κ1) is 12.3. The van der Waals surface area contributed by atoms with Gasteiger partial charge in [0, 0.05) is 17.1 Å². The molecule has 2 aromatic carbocycles. The smallest absolute Gasteiger partial charge is 0.159 e. The van der Waals surface area contributed by atoms with Crippen LogP contribution in [0, 0.1) is 0 Å². The average molecular weight is 262 g/mol. The van der Waals surface area contributed by atoms with E-state index in [1.165, 1.54) is 0 Å². The molecule has 0 aliphatic heterocycles. The highest BCUT2D eigenvalue weighted by Crippen LogP contribution is 2.22. The molecular weight excluding hydrogens is 248 g/mol. The normalized spacial score (nSPS) is 11.8. The molecule has 20 heavy (non-hydrogen) atoms. The molecular formula is C16H14N4. The van der Waals surface area contributed by atoms with Gasteiger partial charge in [-0.15, -0.1) is 0 Å². The molecule has 0 atom stereocenters. The second-order valence-electron chi connectivity index (χ2n) is 4.56. The van der Waals surface area contributed by atoms with Crippen molar-refractivity contribution in [1.29, 1.82) is 0 Å². The summed E-state index contributed by atoms with van der Waals surface area (Å²) in [6.45, 7) is 1.76. The second-order valence-corrected chi connectivity index (χ2v) is 4.56. The number of rotatable bonds is 2. The summed E-state index contributed by atoms with van der Waals surface area (Å²) < 4.78 is 0. The Bertz CT molecular complexity index is 775. The molecule has 3 rings (SSSR count). The molecule has 0 radical (unpaired) electrons. The lowest BCUT2D eigenvalue weighted by Gasteiger charge is -2.03. The van der Waals surface area contributed by atoms with Crippen molar-refractivity contribution in [2.24, 2.45) is 10.7 Å². The van der Waals surface area contributed by atoms with Crippen LogP contribution in [0.3, 0.4) is 0 Å². The van der Waals surface area contributed by atoms with Gasteiger partial charge in [0.25, 0.3) is 0 Å². The third-order valence-corrected chi connectivity index (χ3v) is 2.90. The van der Waals surface area contributed by atoms with Gasteiger partial charge in [-0.1, -0.05) is 30.3 Å². The van der Waals surface area contributed by atoms with Crippen LogP contribution < -0.4 is 5.73 Å². The standard InChI is InChI=1S/C16H14N4/c1-11(17)19-14-7-8-15-13(9-14)10-18-16(20-15)12-5-3-2-4-6-12/h2-10H,1H3,(H2,17,19). The number of nitrogens with two attached hydrogens (primary N) is 1. The van der Waals surface area contributed by atoms with Crippen molar-refractivity contribution in [3.05, 3.63) is 54.7 Å². The highest BCUT2D eigenvalue weighted by molar-refractivity contribution is 5.85. The average Bonchev–Trinajstić information content (AvgIpc) is 2.47.